The summed E-state index contributed by atoms with van der Waals surface area (Å²) in [5.41, 5.74) is 0.470. The molecule has 0 saturated carbocycles. The Morgan fingerprint density at radius 2 is 2.00 bits per heavy atom. The summed E-state index contributed by atoms with van der Waals surface area (Å²) in [6, 6.07) is 4.85. The predicted molar refractivity (Wildman–Crippen MR) is 104 cm³/mol. The zero-order valence-corrected chi connectivity index (χ0v) is 17.1. The van der Waals surface area contributed by atoms with Gasteiger partial charge in [-0.1, -0.05) is 18.5 Å². The van der Waals surface area contributed by atoms with Gasteiger partial charge in [0.2, 0.25) is 15.9 Å². The Hall–Kier alpha value is -1.47. The van der Waals surface area contributed by atoms with E-state index in [1.54, 1.807) is 18.2 Å². The summed E-state index contributed by atoms with van der Waals surface area (Å²) in [6.07, 6.45) is 4.02. The molecule has 0 N–H and O–H groups in total. The lowest BCUT2D eigenvalue weighted by atomic mass is 9.99. The molecule has 0 spiro atoms. The number of ether oxygens (including phenoxy) is 1. The number of hydrogen-bond donors (Lipinski definition) is 0. The summed E-state index contributed by atoms with van der Waals surface area (Å²) in [4.78, 5) is 14.2. The second kappa shape index (κ2) is 8.95. The second-order valence-electron chi connectivity index (χ2n) is 6.82. The average Bonchev–Trinajstić information content (AvgIpc) is 2.58. The Morgan fingerprint density at radius 1 is 1.35 bits per heavy atom. The van der Waals surface area contributed by atoms with Crippen LogP contribution in [-0.2, 0) is 14.8 Å². The van der Waals surface area contributed by atoms with Crippen molar-refractivity contribution in [3.8, 4) is 5.75 Å². The maximum atomic E-state index is 12.3. The number of halogens is 1. The molecule has 1 amide bonds. The molecule has 1 aromatic rings. The molecule has 1 heterocycles. The average molecular weight is 403 g/mol. The summed E-state index contributed by atoms with van der Waals surface area (Å²) in [5, 5.41) is 0.345. The van der Waals surface area contributed by atoms with Crippen molar-refractivity contribution in [2.45, 2.75) is 32.6 Å². The first-order valence-corrected chi connectivity index (χ1v) is 11.0. The van der Waals surface area contributed by atoms with Crippen LogP contribution in [0.15, 0.2) is 18.2 Å². The second-order valence-corrected chi connectivity index (χ2v) is 9.13. The molecule has 2 rings (SSSR count). The smallest absolute Gasteiger partial charge is 0.232 e. The van der Waals surface area contributed by atoms with Gasteiger partial charge in [-0.3, -0.25) is 9.10 Å². The van der Waals surface area contributed by atoms with E-state index >= 15 is 0 Å². The fourth-order valence-corrected chi connectivity index (χ4v) is 4.30. The molecule has 26 heavy (non-hydrogen) atoms. The lowest BCUT2D eigenvalue weighted by molar-refractivity contribution is -0.132. The molecule has 0 bridgehead atoms. The van der Waals surface area contributed by atoms with E-state index in [0.29, 0.717) is 35.2 Å². The third kappa shape index (κ3) is 5.51. The van der Waals surface area contributed by atoms with Crippen LogP contribution in [-0.4, -0.2) is 52.2 Å². The lowest BCUT2D eigenvalue weighted by Gasteiger charge is -2.30. The standard InChI is InChI=1S/C18H27ClN2O4S/c1-14-8-11-20(12-9-14)18(22)5-4-10-21(26(3,23)24)15-6-7-17(25-2)16(19)13-15/h6-7,13-14H,4-5,8-12H2,1-3H3. The summed E-state index contributed by atoms with van der Waals surface area (Å²) in [5.74, 6) is 1.25. The number of likely N-dealkylation sites (tertiary alicyclic amines) is 1. The quantitative estimate of drug-likeness (QED) is 0.702. The molecule has 1 aromatic carbocycles. The molecule has 0 aliphatic carbocycles. The molecule has 0 atom stereocenters. The van der Waals surface area contributed by atoms with Crippen LogP contribution in [0.3, 0.4) is 0 Å². The number of carbonyl (C=O) groups excluding carboxylic acids is 1. The fraction of sp³-hybridized carbons (Fsp3) is 0.611. The van der Waals surface area contributed by atoms with Crippen LogP contribution in [0.2, 0.25) is 5.02 Å². The first-order chi connectivity index (χ1) is 12.2. The van der Waals surface area contributed by atoms with Crippen molar-refractivity contribution in [2.75, 3.05) is 37.3 Å². The summed E-state index contributed by atoms with van der Waals surface area (Å²) < 4.78 is 30.7. The summed E-state index contributed by atoms with van der Waals surface area (Å²) in [7, 11) is -1.97. The number of nitrogens with zero attached hydrogens (tertiary/aromatic N) is 2. The normalized spacial score (nSPS) is 15.8. The van der Waals surface area contributed by atoms with E-state index < -0.39 is 10.0 Å². The number of rotatable bonds is 7. The number of benzene rings is 1. The van der Waals surface area contributed by atoms with E-state index in [0.717, 1.165) is 32.2 Å². The van der Waals surface area contributed by atoms with Crippen LogP contribution >= 0.6 is 11.6 Å². The minimum atomic E-state index is -3.48. The highest BCUT2D eigenvalue weighted by Gasteiger charge is 2.22. The topological polar surface area (TPSA) is 66.9 Å². The zero-order chi connectivity index (χ0) is 19.3. The third-order valence-electron chi connectivity index (χ3n) is 4.71. The van der Waals surface area contributed by atoms with Gasteiger partial charge in [0.05, 0.1) is 24.1 Å². The van der Waals surface area contributed by atoms with Crippen LogP contribution < -0.4 is 9.04 Å². The van der Waals surface area contributed by atoms with E-state index in [4.69, 9.17) is 16.3 Å². The van der Waals surface area contributed by atoms with Crippen molar-refractivity contribution in [1.82, 2.24) is 4.90 Å². The largest absolute Gasteiger partial charge is 0.495 e. The van der Waals surface area contributed by atoms with Crippen LogP contribution in [0.1, 0.15) is 32.6 Å². The number of anilines is 1. The van der Waals surface area contributed by atoms with Gasteiger partial charge in [0, 0.05) is 26.1 Å². The van der Waals surface area contributed by atoms with Gasteiger partial charge in [-0.25, -0.2) is 8.42 Å². The molecular weight excluding hydrogens is 376 g/mol. The SMILES string of the molecule is COc1ccc(N(CCCC(=O)N2CCC(C)CC2)S(C)(=O)=O)cc1Cl. The lowest BCUT2D eigenvalue weighted by Crippen LogP contribution is -2.38. The Bertz CT molecular complexity index is 731. The Balaban J connectivity index is 1.99. The van der Waals surface area contributed by atoms with Gasteiger partial charge in [-0.15, -0.1) is 0 Å². The number of amides is 1. The van der Waals surface area contributed by atoms with Gasteiger partial charge < -0.3 is 9.64 Å². The number of sulfonamides is 1. The molecular formula is C18H27ClN2O4S. The van der Waals surface area contributed by atoms with Gasteiger partial charge in [0.15, 0.2) is 0 Å². The Kier molecular flexibility index (Phi) is 7.17. The molecule has 8 heteroatoms. The van der Waals surface area contributed by atoms with Crippen molar-refractivity contribution in [2.24, 2.45) is 5.92 Å². The molecule has 6 nitrogen and oxygen atoms in total. The molecule has 1 aliphatic rings. The van der Waals surface area contributed by atoms with Gasteiger partial charge in [-0.05, 0) is 43.4 Å². The van der Waals surface area contributed by atoms with E-state index in [1.807, 2.05) is 4.90 Å². The van der Waals surface area contributed by atoms with E-state index in [-0.39, 0.29) is 12.5 Å². The maximum absolute atomic E-state index is 12.3. The third-order valence-corrected chi connectivity index (χ3v) is 6.20. The first-order valence-electron chi connectivity index (χ1n) is 8.81. The number of carbonyl (C=O) groups is 1. The van der Waals surface area contributed by atoms with E-state index in [9.17, 15) is 13.2 Å². The van der Waals surface area contributed by atoms with Gasteiger partial charge >= 0.3 is 0 Å². The summed E-state index contributed by atoms with van der Waals surface area (Å²) >= 11 is 6.11. The van der Waals surface area contributed by atoms with E-state index in [2.05, 4.69) is 6.92 Å². The molecule has 1 saturated heterocycles. The van der Waals surface area contributed by atoms with Crippen LogP contribution in [0.25, 0.3) is 0 Å². The molecule has 0 radical (unpaired) electrons. The van der Waals surface area contributed by atoms with Crippen LogP contribution in [0, 0.1) is 5.92 Å². The molecule has 1 fully saturated rings. The molecule has 0 unspecified atom stereocenters. The Labute approximate surface area is 161 Å². The highest BCUT2D eigenvalue weighted by Crippen LogP contribution is 2.30. The van der Waals surface area contributed by atoms with Crippen molar-refractivity contribution >= 4 is 33.2 Å². The number of methoxy groups -OCH3 is 1. The highest BCUT2D eigenvalue weighted by molar-refractivity contribution is 7.92. The first kappa shape index (κ1) is 20.8. The minimum absolute atomic E-state index is 0.0955. The number of hydrogen-bond acceptors (Lipinski definition) is 4. The molecule has 146 valence electrons. The van der Waals surface area contributed by atoms with Crippen molar-refractivity contribution in [3.63, 3.8) is 0 Å². The number of piperidine rings is 1. The Morgan fingerprint density at radius 3 is 2.54 bits per heavy atom. The minimum Gasteiger partial charge on any atom is -0.495 e. The van der Waals surface area contributed by atoms with Crippen LogP contribution in [0.5, 0.6) is 5.75 Å². The van der Waals surface area contributed by atoms with E-state index in [1.165, 1.54) is 11.4 Å². The monoisotopic (exact) mass is 402 g/mol. The fourth-order valence-electron chi connectivity index (χ4n) is 3.09. The van der Waals surface area contributed by atoms with Crippen LogP contribution in [0.4, 0.5) is 5.69 Å². The molecule has 0 aromatic heterocycles. The molecule has 1 aliphatic heterocycles. The van der Waals surface area contributed by atoms with Gasteiger partial charge in [0.1, 0.15) is 5.75 Å². The van der Waals surface area contributed by atoms with Gasteiger partial charge in [-0.2, -0.15) is 0 Å². The van der Waals surface area contributed by atoms with Crippen molar-refractivity contribution in [1.29, 1.82) is 0 Å². The maximum Gasteiger partial charge on any atom is 0.232 e. The highest BCUT2D eigenvalue weighted by atomic mass is 35.5. The van der Waals surface area contributed by atoms with Gasteiger partial charge in [0.25, 0.3) is 0 Å². The summed E-state index contributed by atoms with van der Waals surface area (Å²) in [6.45, 7) is 4.02. The van der Waals surface area contributed by atoms with Crippen molar-refractivity contribution in [3.05, 3.63) is 23.2 Å². The predicted octanol–water partition coefficient (Wildman–Crippen LogP) is 3.15. The zero-order valence-electron chi connectivity index (χ0n) is 15.6. The van der Waals surface area contributed by atoms with Crippen molar-refractivity contribution < 1.29 is 17.9 Å².